The van der Waals surface area contributed by atoms with Gasteiger partial charge in [-0.3, -0.25) is 9.36 Å². The number of oxazole rings is 1. The number of nitrogens with zero attached hydrogens (tertiary/aromatic N) is 3. The summed E-state index contributed by atoms with van der Waals surface area (Å²) >= 11 is 1.51. The van der Waals surface area contributed by atoms with E-state index in [9.17, 15) is 4.79 Å². The van der Waals surface area contributed by atoms with Gasteiger partial charge in [0.15, 0.2) is 5.16 Å². The van der Waals surface area contributed by atoms with Gasteiger partial charge in [-0.05, 0) is 58.4 Å². The average Bonchev–Trinajstić information content (AvgIpc) is 3.17. The predicted octanol–water partition coefficient (Wildman–Crippen LogP) is 5.78. The normalized spacial score (nSPS) is 11.5. The Balaban J connectivity index is 1.58. The molecule has 2 aromatic heterocycles. The van der Waals surface area contributed by atoms with E-state index >= 15 is 0 Å². The minimum Gasteiger partial charge on any atom is -0.441 e. The van der Waals surface area contributed by atoms with Crippen molar-refractivity contribution in [2.45, 2.75) is 57.7 Å². The van der Waals surface area contributed by atoms with E-state index in [1.807, 2.05) is 69.3 Å². The van der Waals surface area contributed by atoms with E-state index in [2.05, 4.69) is 6.92 Å². The van der Waals surface area contributed by atoms with Gasteiger partial charge in [-0.1, -0.05) is 41.6 Å². The predicted molar refractivity (Wildman–Crippen MR) is 133 cm³/mol. The molecule has 0 saturated carbocycles. The second-order valence-corrected chi connectivity index (χ2v) is 9.26. The van der Waals surface area contributed by atoms with Crippen molar-refractivity contribution >= 4 is 22.7 Å². The number of thioether (sulfide) groups is 1. The fraction of sp³-hybridized carbons (Fsp3) is 0.346. The lowest BCUT2D eigenvalue weighted by Crippen LogP contribution is -2.24. The van der Waals surface area contributed by atoms with E-state index in [0.29, 0.717) is 40.9 Å². The number of hydrogen-bond acceptors (Lipinski definition) is 6. The summed E-state index contributed by atoms with van der Waals surface area (Å²) < 4.78 is 13.3. The maximum atomic E-state index is 13.2. The summed E-state index contributed by atoms with van der Waals surface area (Å²) in [7, 11) is 0. The van der Waals surface area contributed by atoms with Crippen molar-refractivity contribution in [3.05, 3.63) is 75.9 Å². The molecule has 0 aliphatic carbocycles. The van der Waals surface area contributed by atoms with E-state index in [1.165, 1.54) is 17.3 Å². The zero-order chi connectivity index (χ0) is 23.4. The quantitative estimate of drug-likeness (QED) is 0.178. The summed E-state index contributed by atoms with van der Waals surface area (Å²) in [5.74, 6) is 1.95. The molecule has 0 saturated heterocycles. The summed E-state index contributed by atoms with van der Waals surface area (Å²) in [5, 5.41) is 1.31. The molecular weight excluding hydrogens is 434 g/mol. The third-order valence-corrected chi connectivity index (χ3v) is 6.32. The second kappa shape index (κ2) is 10.4. The lowest BCUT2D eigenvalue weighted by Gasteiger charge is -2.13. The largest absolute Gasteiger partial charge is 0.441 e. The van der Waals surface area contributed by atoms with Crippen LogP contribution in [0.1, 0.15) is 37.3 Å². The SMILES string of the molecule is Cc1ccc(-c2nc(CSc3nc4ccccc4c(=O)n3CCCOC(C)C)c(C)o2)cc1. The molecule has 172 valence electrons. The number of fused-ring (bicyclic) bond motifs is 1. The Morgan fingerprint density at radius 3 is 2.58 bits per heavy atom. The van der Waals surface area contributed by atoms with Crippen LogP contribution in [0.3, 0.4) is 0 Å². The van der Waals surface area contributed by atoms with Crippen molar-refractivity contribution in [3.63, 3.8) is 0 Å². The zero-order valence-corrected chi connectivity index (χ0v) is 20.3. The summed E-state index contributed by atoms with van der Waals surface area (Å²) in [6.07, 6.45) is 0.912. The Morgan fingerprint density at radius 1 is 1.06 bits per heavy atom. The van der Waals surface area contributed by atoms with Crippen LogP contribution in [0.5, 0.6) is 0 Å². The molecule has 0 aliphatic heterocycles. The lowest BCUT2D eigenvalue weighted by molar-refractivity contribution is 0.0743. The van der Waals surface area contributed by atoms with Crippen LogP contribution in [0.2, 0.25) is 0 Å². The maximum absolute atomic E-state index is 13.2. The first kappa shape index (κ1) is 23.3. The van der Waals surface area contributed by atoms with Crippen molar-refractivity contribution < 1.29 is 9.15 Å². The van der Waals surface area contributed by atoms with Gasteiger partial charge in [0.05, 0.1) is 22.7 Å². The van der Waals surface area contributed by atoms with Crippen LogP contribution >= 0.6 is 11.8 Å². The van der Waals surface area contributed by atoms with Gasteiger partial charge in [0.1, 0.15) is 5.76 Å². The minimum atomic E-state index is -0.0233. The van der Waals surface area contributed by atoms with Crippen molar-refractivity contribution in [3.8, 4) is 11.5 Å². The minimum absolute atomic E-state index is 0.0233. The molecule has 0 unspecified atom stereocenters. The van der Waals surface area contributed by atoms with Crippen molar-refractivity contribution in [2.75, 3.05) is 6.61 Å². The molecule has 4 rings (SSSR count). The summed E-state index contributed by atoms with van der Waals surface area (Å²) in [6, 6.07) is 15.6. The van der Waals surface area contributed by atoms with E-state index in [-0.39, 0.29) is 11.7 Å². The number of rotatable bonds is 9. The number of ether oxygens (including phenoxy) is 1. The van der Waals surface area contributed by atoms with Crippen LogP contribution in [0, 0.1) is 13.8 Å². The number of benzene rings is 2. The van der Waals surface area contributed by atoms with Crippen LogP contribution in [-0.2, 0) is 17.0 Å². The van der Waals surface area contributed by atoms with Crippen LogP contribution in [0.15, 0.2) is 62.9 Å². The molecule has 2 aromatic carbocycles. The van der Waals surface area contributed by atoms with Crippen LogP contribution in [-0.4, -0.2) is 27.2 Å². The molecule has 0 N–H and O–H groups in total. The number of aromatic nitrogens is 3. The van der Waals surface area contributed by atoms with Crippen molar-refractivity contribution in [1.82, 2.24) is 14.5 Å². The van der Waals surface area contributed by atoms with Gasteiger partial charge in [0.2, 0.25) is 5.89 Å². The Hall–Kier alpha value is -2.90. The molecule has 0 spiro atoms. The summed E-state index contributed by atoms with van der Waals surface area (Å²) in [6.45, 7) is 9.15. The average molecular weight is 464 g/mol. The number of hydrogen-bond donors (Lipinski definition) is 0. The van der Waals surface area contributed by atoms with E-state index in [4.69, 9.17) is 19.1 Å². The summed E-state index contributed by atoms with van der Waals surface area (Å²) in [4.78, 5) is 22.7. The van der Waals surface area contributed by atoms with E-state index < -0.39 is 0 Å². The third-order valence-electron chi connectivity index (χ3n) is 5.33. The Labute approximate surface area is 198 Å². The smallest absolute Gasteiger partial charge is 0.262 e. The standard InChI is InChI=1S/C26H29N3O3S/c1-17(2)31-15-7-14-29-25(30)21-8-5-6-9-22(21)28-26(29)33-16-23-19(4)32-24(27-23)20-12-10-18(3)11-13-20/h5-6,8-13,17H,7,14-16H2,1-4H3. The van der Waals surface area contributed by atoms with E-state index in [0.717, 1.165) is 23.4 Å². The van der Waals surface area contributed by atoms with Gasteiger partial charge < -0.3 is 9.15 Å². The fourth-order valence-corrected chi connectivity index (χ4v) is 4.54. The Morgan fingerprint density at radius 2 is 1.82 bits per heavy atom. The van der Waals surface area contributed by atoms with Gasteiger partial charge >= 0.3 is 0 Å². The highest BCUT2D eigenvalue weighted by Gasteiger charge is 2.16. The molecule has 0 radical (unpaired) electrons. The molecule has 7 heteroatoms. The van der Waals surface area contributed by atoms with Crippen LogP contribution < -0.4 is 5.56 Å². The molecule has 33 heavy (non-hydrogen) atoms. The summed E-state index contributed by atoms with van der Waals surface area (Å²) in [5.41, 5.74) is 3.68. The van der Waals surface area contributed by atoms with Gasteiger partial charge in [0, 0.05) is 24.5 Å². The van der Waals surface area contributed by atoms with Gasteiger partial charge in [-0.15, -0.1) is 0 Å². The molecule has 2 heterocycles. The molecule has 0 fully saturated rings. The lowest BCUT2D eigenvalue weighted by atomic mass is 10.1. The first-order chi connectivity index (χ1) is 15.9. The van der Waals surface area contributed by atoms with Gasteiger partial charge in [0.25, 0.3) is 5.56 Å². The second-order valence-electron chi connectivity index (χ2n) is 8.32. The van der Waals surface area contributed by atoms with Crippen molar-refractivity contribution in [2.24, 2.45) is 0 Å². The number of aryl methyl sites for hydroxylation is 2. The van der Waals surface area contributed by atoms with Gasteiger partial charge in [-0.25, -0.2) is 9.97 Å². The topological polar surface area (TPSA) is 70.2 Å². The molecular formula is C26H29N3O3S. The number of para-hydroxylation sites is 1. The Kier molecular flexibility index (Phi) is 7.30. The molecule has 4 aromatic rings. The molecule has 0 bridgehead atoms. The third kappa shape index (κ3) is 5.54. The first-order valence-corrected chi connectivity index (χ1v) is 12.2. The zero-order valence-electron chi connectivity index (χ0n) is 19.5. The highest BCUT2D eigenvalue weighted by molar-refractivity contribution is 7.98. The van der Waals surface area contributed by atoms with Crippen LogP contribution in [0.4, 0.5) is 0 Å². The monoisotopic (exact) mass is 463 g/mol. The molecule has 0 aliphatic rings. The molecule has 0 amide bonds. The van der Waals surface area contributed by atoms with Crippen LogP contribution in [0.25, 0.3) is 22.4 Å². The molecule has 6 nitrogen and oxygen atoms in total. The van der Waals surface area contributed by atoms with E-state index in [1.54, 1.807) is 4.57 Å². The Bertz CT molecular complexity index is 1290. The van der Waals surface area contributed by atoms with Crippen molar-refractivity contribution in [1.29, 1.82) is 0 Å². The first-order valence-electron chi connectivity index (χ1n) is 11.2. The highest BCUT2D eigenvalue weighted by atomic mass is 32.2. The maximum Gasteiger partial charge on any atom is 0.262 e. The highest BCUT2D eigenvalue weighted by Crippen LogP contribution is 2.27. The van der Waals surface area contributed by atoms with Gasteiger partial charge in [-0.2, -0.15) is 0 Å². The fourth-order valence-electron chi connectivity index (χ4n) is 3.51. The molecule has 0 atom stereocenters.